The van der Waals surface area contributed by atoms with E-state index >= 15 is 0 Å². The third kappa shape index (κ3) is 6.33. The molecule has 0 spiro atoms. The average Bonchev–Trinajstić information content (AvgIpc) is 2.66. The molecule has 0 aliphatic heterocycles. The second kappa shape index (κ2) is 13.2. The number of para-hydroxylation sites is 1. The molecule has 1 aromatic carbocycles. The Bertz CT molecular complexity index is 675. The van der Waals surface area contributed by atoms with Crippen LogP contribution in [0.4, 0.5) is 0 Å². The van der Waals surface area contributed by atoms with Crippen molar-refractivity contribution >= 4 is 22.9 Å². The van der Waals surface area contributed by atoms with Gasteiger partial charge in [0.05, 0.1) is 11.1 Å². The molecular weight excluding hydrogens is 308 g/mol. The van der Waals surface area contributed by atoms with Crippen LogP contribution < -0.4 is 5.32 Å². The SMILES string of the molecule is C/C=C\c1c(C)nc2ccccc2c1C(=O)NCCCC.CC.CC. The lowest BCUT2D eigenvalue weighted by Gasteiger charge is -2.13. The fraction of sp³-hybridized carbons (Fsp3) is 0.455. The van der Waals surface area contributed by atoms with E-state index in [1.165, 1.54) is 0 Å². The molecule has 0 aliphatic carbocycles. The smallest absolute Gasteiger partial charge is 0.252 e. The Kier molecular flexibility index (Phi) is 12.0. The molecule has 25 heavy (non-hydrogen) atoms. The van der Waals surface area contributed by atoms with Crippen molar-refractivity contribution in [3.8, 4) is 0 Å². The minimum atomic E-state index is -0.0155. The number of allylic oxidation sites excluding steroid dienone is 1. The first-order chi connectivity index (χ1) is 12.2. The molecule has 0 bridgehead atoms. The van der Waals surface area contributed by atoms with Crippen LogP contribution in [0, 0.1) is 6.92 Å². The van der Waals surface area contributed by atoms with Gasteiger partial charge in [-0.25, -0.2) is 0 Å². The highest BCUT2D eigenvalue weighted by atomic mass is 16.1. The topological polar surface area (TPSA) is 42.0 Å². The van der Waals surface area contributed by atoms with E-state index in [0.29, 0.717) is 6.54 Å². The van der Waals surface area contributed by atoms with Gasteiger partial charge >= 0.3 is 0 Å². The lowest BCUT2D eigenvalue weighted by atomic mass is 9.99. The van der Waals surface area contributed by atoms with E-state index in [9.17, 15) is 4.79 Å². The summed E-state index contributed by atoms with van der Waals surface area (Å²) < 4.78 is 0. The fourth-order valence-electron chi connectivity index (χ4n) is 2.43. The summed E-state index contributed by atoms with van der Waals surface area (Å²) in [5, 5.41) is 3.93. The van der Waals surface area contributed by atoms with E-state index in [4.69, 9.17) is 0 Å². The van der Waals surface area contributed by atoms with Crippen molar-refractivity contribution in [1.29, 1.82) is 0 Å². The number of nitrogens with one attached hydrogen (secondary N) is 1. The molecule has 1 aromatic heterocycles. The van der Waals surface area contributed by atoms with Crippen molar-refractivity contribution in [2.24, 2.45) is 0 Å². The summed E-state index contributed by atoms with van der Waals surface area (Å²) in [6.45, 7) is 14.7. The standard InChI is InChI=1S/C18H22N2O.2C2H6/c1-4-6-12-19-18(21)17-14(9-5-2)13(3)20-16-11-8-7-10-15(16)17;2*1-2/h5,7-11H,4,6,12H2,1-3H3,(H,19,21);2*1-2H3/b9-5-;;. The number of nitrogens with zero attached hydrogens (tertiary/aromatic N) is 1. The quantitative estimate of drug-likeness (QED) is 0.661. The summed E-state index contributed by atoms with van der Waals surface area (Å²) in [7, 11) is 0. The lowest BCUT2D eigenvalue weighted by molar-refractivity contribution is 0.0954. The molecule has 1 heterocycles. The van der Waals surface area contributed by atoms with Gasteiger partial charge in [-0.05, 0) is 26.3 Å². The molecule has 0 atom stereocenters. The maximum Gasteiger partial charge on any atom is 0.252 e. The van der Waals surface area contributed by atoms with Crippen LogP contribution in [0.5, 0.6) is 0 Å². The molecule has 0 radical (unpaired) electrons. The molecule has 3 heteroatoms. The molecule has 2 rings (SSSR count). The fourth-order valence-corrected chi connectivity index (χ4v) is 2.43. The molecule has 1 amide bonds. The van der Waals surface area contributed by atoms with Crippen molar-refractivity contribution in [1.82, 2.24) is 10.3 Å². The highest BCUT2D eigenvalue weighted by molar-refractivity contribution is 6.09. The molecule has 0 saturated carbocycles. The van der Waals surface area contributed by atoms with Gasteiger partial charge in [0.2, 0.25) is 0 Å². The minimum Gasteiger partial charge on any atom is -0.352 e. The highest BCUT2D eigenvalue weighted by Gasteiger charge is 2.16. The summed E-state index contributed by atoms with van der Waals surface area (Å²) in [5.74, 6) is -0.0155. The minimum absolute atomic E-state index is 0.0155. The third-order valence-electron chi connectivity index (χ3n) is 3.50. The van der Waals surface area contributed by atoms with Gasteiger partial charge in [0, 0.05) is 23.2 Å². The first-order valence-electron chi connectivity index (χ1n) is 9.49. The summed E-state index contributed by atoms with van der Waals surface area (Å²) >= 11 is 0. The number of pyridine rings is 1. The van der Waals surface area contributed by atoms with Crippen molar-refractivity contribution in [3.63, 3.8) is 0 Å². The monoisotopic (exact) mass is 342 g/mol. The number of rotatable bonds is 5. The van der Waals surface area contributed by atoms with Gasteiger partial charge in [-0.1, -0.05) is 71.4 Å². The Morgan fingerprint density at radius 3 is 2.40 bits per heavy atom. The number of hydrogen-bond donors (Lipinski definition) is 1. The van der Waals surface area contributed by atoms with Gasteiger partial charge in [-0.3, -0.25) is 9.78 Å². The average molecular weight is 343 g/mol. The first kappa shape index (κ1) is 22.8. The molecule has 0 saturated heterocycles. The summed E-state index contributed by atoms with van der Waals surface area (Å²) in [5.41, 5.74) is 3.38. The van der Waals surface area contributed by atoms with Gasteiger partial charge in [0.15, 0.2) is 0 Å². The van der Waals surface area contributed by atoms with Crippen molar-refractivity contribution in [2.75, 3.05) is 6.54 Å². The van der Waals surface area contributed by atoms with Gasteiger partial charge in [-0.2, -0.15) is 0 Å². The Balaban J connectivity index is 0.00000134. The van der Waals surface area contributed by atoms with Crippen LogP contribution in [-0.4, -0.2) is 17.4 Å². The number of carbonyl (C=O) groups excluding carboxylic acids is 1. The molecule has 138 valence electrons. The zero-order valence-electron chi connectivity index (χ0n) is 16.9. The molecule has 0 fully saturated rings. The van der Waals surface area contributed by atoms with Gasteiger partial charge in [0.1, 0.15) is 0 Å². The zero-order valence-corrected chi connectivity index (χ0v) is 16.9. The first-order valence-corrected chi connectivity index (χ1v) is 9.49. The Morgan fingerprint density at radius 1 is 1.16 bits per heavy atom. The molecule has 0 aliphatic rings. The highest BCUT2D eigenvalue weighted by Crippen LogP contribution is 2.24. The number of amides is 1. The number of benzene rings is 1. The van der Waals surface area contributed by atoms with Crippen LogP contribution in [0.3, 0.4) is 0 Å². The maximum atomic E-state index is 12.6. The number of aromatic nitrogens is 1. The van der Waals surface area contributed by atoms with Crippen LogP contribution in [0.2, 0.25) is 0 Å². The largest absolute Gasteiger partial charge is 0.352 e. The van der Waals surface area contributed by atoms with E-state index in [1.54, 1.807) is 0 Å². The molecule has 2 aromatic rings. The van der Waals surface area contributed by atoms with E-state index in [2.05, 4.69) is 17.2 Å². The molecule has 0 unspecified atom stereocenters. The number of aryl methyl sites for hydroxylation is 1. The van der Waals surface area contributed by atoms with Crippen LogP contribution in [0.15, 0.2) is 30.3 Å². The molecule has 3 nitrogen and oxygen atoms in total. The lowest BCUT2D eigenvalue weighted by Crippen LogP contribution is -2.25. The van der Waals surface area contributed by atoms with Crippen LogP contribution in [-0.2, 0) is 0 Å². The normalized spacial score (nSPS) is 9.88. The van der Waals surface area contributed by atoms with Crippen LogP contribution in [0.25, 0.3) is 17.0 Å². The van der Waals surface area contributed by atoms with Gasteiger partial charge in [-0.15, -0.1) is 0 Å². The Hall–Kier alpha value is -2.16. The second-order valence-corrected chi connectivity index (χ2v) is 5.11. The van der Waals surface area contributed by atoms with E-state index in [-0.39, 0.29) is 5.91 Å². The van der Waals surface area contributed by atoms with Gasteiger partial charge in [0.25, 0.3) is 5.91 Å². The number of hydrogen-bond acceptors (Lipinski definition) is 2. The van der Waals surface area contributed by atoms with Crippen LogP contribution >= 0.6 is 0 Å². The number of carbonyl (C=O) groups is 1. The van der Waals surface area contributed by atoms with Gasteiger partial charge < -0.3 is 5.32 Å². The van der Waals surface area contributed by atoms with Crippen molar-refractivity contribution in [2.45, 2.75) is 61.3 Å². The Morgan fingerprint density at radius 2 is 1.80 bits per heavy atom. The molecular formula is C22H34N2O. The predicted molar refractivity (Wildman–Crippen MR) is 111 cm³/mol. The maximum absolute atomic E-state index is 12.6. The number of fused-ring (bicyclic) bond motifs is 1. The third-order valence-corrected chi connectivity index (χ3v) is 3.50. The second-order valence-electron chi connectivity index (χ2n) is 5.11. The number of unbranched alkanes of at least 4 members (excludes halogenated alkanes) is 1. The molecule has 1 N–H and O–H groups in total. The van der Waals surface area contributed by atoms with E-state index in [1.807, 2.05) is 78.0 Å². The van der Waals surface area contributed by atoms with E-state index < -0.39 is 0 Å². The predicted octanol–water partition coefficient (Wildman–Crippen LogP) is 6.16. The van der Waals surface area contributed by atoms with Crippen LogP contribution in [0.1, 0.15) is 76.0 Å². The summed E-state index contributed by atoms with van der Waals surface area (Å²) in [6.07, 6.45) is 5.97. The summed E-state index contributed by atoms with van der Waals surface area (Å²) in [6, 6.07) is 7.80. The Labute approximate surface area is 153 Å². The van der Waals surface area contributed by atoms with Crippen molar-refractivity contribution in [3.05, 3.63) is 47.2 Å². The van der Waals surface area contributed by atoms with E-state index in [0.717, 1.165) is 40.6 Å². The van der Waals surface area contributed by atoms with Crippen molar-refractivity contribution < 1.29 is 4.79 Å². The summed E-state index contributed by atoms with van der Waals surface area (Å²) in [4.78, 5) is 17.2. The zero-order chi connectivity index (χ0) is 19.2.